The van der Waals surface area contributed by atoms with Gasteiger partial charge in [-0.2, -0.15) is 0 Å². The molecule has 0 spiro atoms. The first-order chi connectivity index (χ1) is 7.56. The second-order valence-corrected chi connectivity index (χ2v) is 3.37. The average molecular weight is 225 g/mol. The zero-order chi connectivity index (χ0) is 12.1. The minimum atomic E-state index is -0.940. The minimum absolute atomic E-state index is 0.0130. The van der Waals surface area contributed by atoms with Gasteiger partial charge in [-0.15, -0.1) is 0 Å². The van der Waals surface area contributed by atoms with Crippen molar-refractivity contribution < 1.29 is 14.6 Å². The Morgan fingerprint density at radius 1 is 1.56 bits per heavy atom. The van der Waals surface area contributed by atoms with E-state index >= 15 is 0 Å². The lowest BCUT2D eigenvalue weighted by Gasteiger charge is -2.12. The van der Waals surface area contributed by atoms with Gasteiger partial charge < -0.3 is 14.4 Å². The molecule has 0 unspecified atom stereocenters. The topological polar surface area (TPSA) is 68.5 Å². The summed E-state index contributed by atoms with van der Waals surface area (Å²) in [6.07, 6.45) is 1.58. The maximum atomic E-state index is 11.5. The van der Waals surface area contributed by atoms with Gasteiger partial charge in [-0.05, 0) is 13.8 Å². The van der Waals surface area contributed by atoms with Gasteiger partial charge in [0.15, 0.2) is 5.75 Å². The Hall–Kier alpha value is -1.78. The van der Waals surface area contributed by atoms with Crippen LogP contribution in [0.25, 0.3) is 0 Å². The molecule has 0 saturated carbocycles. The van der Waals surface area contributed by atoms with E-state index in [0.717, 1.165) is 12.2 Å². The predicted molar refractivity (Wildman–Crippen MR) is 58.9 cm³/mol. The van der Waals surface area contributed by atoms with E-state index in [4.69, 9.17) is 9.84 Å². The number of carbonyl (C=O) groups is 1. The van der Waals surface area contributed by atoms with E-state index in [1.807, 2.05) is 11.5 Å². The molecule has 88 valence electrons. The summed E-state index contributed by atoms with van der Waals surface area (Å²) >= 11 is 0. The van der Waals surface area contributed by atoms with Gasteiger partial charge >= 0.3 is 5.97 Å². The molecule has 1 N–H and O–H groups in total. The Kier molecular flexibility index (Phi) is 4.10. The summed E-state index contributed by atoms with van der Waals surface area (Å²) in [5, 5.41) is 8.47. The van der Waals surface area contributed by atoms with Crippen LogP contribution >= 0.6 is 0 Å². The number of carboxylic acids is 1. The van der Waals surface area contributed by atoms with Gasteiger partial charge in [0.2, 0.25) is 5.43 Å². The maximum absolute atomic E-state index is 11.5. The first kappa shape index (κ1) is 12.3. The molecule has 1 aromatic heterocycles. The van der Waals surface area contributed by atoms with E-state index in [-0.39, 0.29) is 24.2 Å². The number of nitrogens with zero attached hydrogens (tertiary/aromatic N) is 1. The van der Waals surface area contributed by atoms with Crippen LogP contribution in [0, 0.1) is 6.92 Å². The van der Waals surface area contributed by atoms with Gasteiger partial charge in [0.05, 0.1) is 18.7 Å². The van der Waals surface area contributed by atoms with Crippen molar-refractivity contribution in [2.75, 3.05) is 6.61 Å². The molecule has 0 aliphatic carbocycles. The first-order valence-electron chi connectivity index (χ1n) is 5.11. The van der Waals surface area contributed by atoms with Crippen molar-refractivity contribution in [1.82, 2.24) is 4.57 Å². The van der Waals surface area contributed by atoms with Crippen LogP contribution in [0.5, 0.6) is 5.75 Å². The molecule has 0 bridgehead atoms. The van der Waals surface area contributed by atoms with Crippen LogP contribution in [-0.2, 0) is 11.3 Å². The second-order valence-electron chi connectivity index (χ2n) is 3.37. The fourth-order valence-corrected chi connectivity index (χ4v) is 1.41. The monoisotopic (exact) mass is 225 g/mol. The number of aryl methyl sites for hydroxylation is 1. The minimum Gasteiger partial charge on any atom is -0.487 e. The highest BCUT2D eigenvalue weighted by atomic mass is 16.5. The lowest BCUT2D eigenvalue weighted by atomic mass is 10.3. The van der Waals surface area contributed by atoms with E-state index in [0.29, 0.717) is 0 Å². The van der Waals surface area contributed by atoms with Gasteiger partial charge in [0.25, 0.3) is 0 Å². The normalized spacial score (nSPS) is 10.1. The summed E-state index contributed by atoms with van der Waals surface area (Å²) in [7, 11) is 0. The average Bonchev–Trinajstić information content (AvgIpc) is 2.23. The van der Waals surface area contributed by atoms with Gasteiger partial charge in [0, 0.05) is 18.8 Å². The molecule has 0 fully saturated rings. The van der Waals surface area contributed by atoms with Crippen LogP contribution < -0.4 is 10.2 Å². The van der Waals surface area contributed by atoms with Crippen molar-refractivity contribution in [1.29, 1.82) is 0 Å². The van der Waals surface area contributed by atoms with Crippen molar-refractivity contribution in [3.8, 4) is 5.75 Å². The molecule has 0 aliphatic heterocycles. The number of hydrogen-bond acceptors (Lipinski definition) is 3. The fraction of sp³-hybridized carbons (Fsp3) is 0.455. The molecule has 0 aliphatic rings. The lowest BCUT2D eigenvalue weighted by Crippen LogP contribution is -2.16. The van der Waals surface area contributed by atoms with Crippen LogP contribution in [0.15, 0.2) is 17.1 Å². The number of pyridine rings is 1. The summed E-state index contributed by atoms with van der Waals surface area (Å²) in [5.74, 6) is -0.699. The highest BCUT2D eigenvalue weighted by Crippen LogP contribution is 2.11. The van der Waals surface area contributed by atoms with Crippen LogP contribution in [-0.4, -0.2) is 22.2 Å². The van der Waals surface area contributed by atoms with Crippen molar-refractivity contribution in [3.05, 3.63) is 28.2 Å². The molecule has 0 saturated heterocycles. The zero-order valence-corrected chi connectivity index (χ0v) is 9.40. The third-order valence-electron chi connectivity index (χ3n) is 2.29. The molecule has 16 heavy (non-hydrogen) atoms. The van der Waals surface area contributed by atoms with Crippen molar-refractivity contribution in [2.45, 2.75) is 26.8 Å². The van der Waals surface area contributed by atoms with Crippen LogP contribution in [0.3, 0.4) is 0 Å². The van der Waals surface area contributed by atoms with Crippen molar-refractivity contribution in [3.63, 3.8) is 0 Å². The quantitative estimate of drug-likeness (QED) is 0.812. The Labute approximate surface area is 93.3 Å². The molecule has 1 aromatic rings. The summed E-state index contributed by atoms with van der Waals surface area (Å²) in [6, 6.07) is 1.42. The van der Waals surface area contributed by atoms with E-state index in [9.17, 15) is 9.59 Å². The number of ether oxygens (including phenoxy) is 1. The second kappa shape index (κ2) is 5.34. The van der Waals surface area contributed by atoms with Crippen molar-refractivity contribution >= 4 is 5.97 Å². The molecule has 1 heterocycles. The van der Waals surface area contributed by atoms with Crippen LogP contribution in [0.2, 0.25) is 0 Å². The number of carboxylic acid groups (broad SMARTS) is 1. The molecular weight excluding hydrogens is 210 g/mol. The molecule has 5 heteroatoms. The Bertz CT molecular complexity index is 436. The van der Waals surface area contributed by atoms with Crippen LogP contribution in [0.1, 0.15) is 19.0 Å². The van der Waals surface area contributed by atoms with Crippen LogP contribution in [0.4, 0.5) is 0 Å². The smallest absolute Gasteiger partial charge is 0.306 e. The summed E-state index contributed by atoms with van der Waals surface area (Å²) in [5.41, 5.74) is 0.507. The Morgan fingerprint density at radius 3 is 2.81 bits per heavy atom. The zero-order valence-electron chi connectivity index (χ0n) is 9.40. The molecule has 0 atom stereocenters. The maximum Gasteiger partial charge on any atom is 0.306 e. The molecule has 1 rings (SSSR count). The summed E-state index contributed by atoms with van der Waals surface area (Å²) < 4.78 is 7.08. The lowest BCUT2D eigenvalue weighted by molar-refractivity contribution is -0.137. The number of hydrogen-bond donors (Lipinski definition) is 1. The Morgan fingerprint density at radius 2 is 2.25 bits per heavy atom. The fourth-order valence-electron chi connectivity index (χ4n) is 1.41. The molecule has 0 amide bonds. The van der Waals surface area contributed by atoms with E-state index in [1.165, 1.54) is 6.07 Å². The van der Waals surface area contributed by atoms with Gasteiger partial charge in [-0.3, -0.25) is 9.59 Å². The third-order valence-corrected chi connectivity index (χ3v) is 2.29. The molecule has 5 nitrogen and oxygen atoms in total. The molecular formula is C11H15NO4. The van der Waals surface area contributed by atoms with Gasteiger partial charge in [-0.25, -0.2) is 0 Å². The number of rotatable bonds is 5. The highest BCUT2D eigenvalue weighted by Gasteiger charge is 2.08. The summed E-state index contributed by atoms with van der Waals surface area (Å²) in [6.45, 7) is 4.49. The largest absolute Gasteiger partial charge is 0.487 e. The predicted octanol–water partition coefficient (Wildman–Crippen LogP) is 1.03. The standard InChI is InChI=1S/C11H15NO4/c1-3-12-6-4-9(13)11(8(12)2)16-7-5-10(14)15/h4,6H,3,5,7H2,1-2H3,(H,14,15). The number of aliphatic carboxylic acids is 1. The van der Waals surface area contributed by atoms with E-state index in [1.54, 1.807) is 13.1 Å². The van der Waals surface area contributed by atoms with Gasteiger partial charge in [-0.1, -0.05) is 0 Å². The highest BCUT2D eigenvalue weighted by molar-refractivity contribution is 5.66. The SMILES string of the molecule is CCn1ccc(=O)c(OCCC(=O)O)c1C. The number of aromatic nitrogens is 1. The van der Waals surface area contributed by atoms with E-state index in [2.05, 4.69) is 0 Å². The molecule has 0 radical (unpaired) electrons. The Balaban J connectivity index is 2.86. The molecule has 0 aromatic carbocycles. The summed E-state index contributed by atoms with van der Waals surface area (Å²) in [4.78, 5) is 21.8. The van der Waals surface area contributed by atoms with Gasteiger partial charge in [0.1, 0.15) is 0 Å². The third kappa shape index (κ3) is 2.85. The first-order valence-corrected chi connectivity index (χ1v) is 5.11. The van der Waals surface area contributed by atoms with Crippen molar-refractivity contribution in [2.24, 2.45) is 0 Å². The van der Waals surface area contributed by atoms with E-state index < -0.39 is 5.97 Å².